The van der Waals surface area contributed by atoms with E-state index in [1.54, 1.807) is 6.33 Å². The molecule has 2 rings (SSSR count). The van der Waals surface area contributed by atoms with Gasteiger partial charge in [0.25, 0.3) is 0 Å². The number of aromatic nitrogens is 3. The number of nitrogens with zero attached hydrogens (tertiary/aromatic N) is 3. The number of rotatable bonds is 3. The van der Waals surface area contributed by atoms with E-state index in [0.29, 0.717) is 5.92 Å². The lowest BCUT2D eigenvalue weighted by Crippen LogP contribution is -2.15. The maximum Gasteiger partial charge on any atom is 0.138 e. The van der Waals surface area contributed by atoms with Crippen LogP contribution in [0, 0.1) is 5.92 Å². The first-order valence-corrected chi connectivity index (χ1v) is 6.34. The van der Waals surface area contributed by atoms with Crippen LogP contribution in [-0.4, -0.2) is 26.0 Å². The van der Waals surface area contributed by atoms with Crippen LogP contribution < -0.4 is 0 Å². The van der Waals surface area contributed by atoms with Crippen LogP contribution in [-0.2, 0) is 13.0 Å². The molecule has 4 heteroatoms. The molecule has 0 aromatic carbocycles. The van der Waals surface area contributed by atoms with E-state index in [0.717, 1.165) is 38.1 Å². The fraction of sp³-hybridized carbons (Fsp3) is 0.833. The quantitative estimate of drug-likeness (QED) is 0.795. The van der Waals surface area contributed by atoms with Gasteiger partial charge in [-0.2, -0.15) is 5.10 Å². The van der Waals surface area contributed by atoms with E-state index >= 15 is 0 Å². The van der Waals surface area contributed by atoms with Crippen LogP contribution in [0.4, 0.5) is 0 Å². The van der Waals surface area contributed by atoms with Crippen LogP contribution >= 0.6 is 0 Å². The molecule has 0 radical (unpaired) electrons. The molecule has 2 unspecified atom stereocenters. The molecule has 1 fully saturated rings. The van der Waals surface area contributed by atoms with Gasteiger partial charge >= 0.3 is 0 Å². The van der Waals surface area contributed by atoms with Crippen LogP contribution in [0.1, 0.15) is 44.9 Å². The van der Waals surface area contributed by atoms with Gasteiger partial charge in [-0.1, -0.05) is 12.8 Å². The molecular formula is C12H21N3O. The Bertz CT molecular complexity index is 324. The lowest BCUT2D eigenvalue weighted by Gasteiger charge is -2.15. The normalized spacial score (nSPS) is 26.6. The molecule has 1 N–H and O–H groups in total. The number of aryl methyl sites for hydroxylation is 1. The summed E-state index contributed by atoms with van der Waals surface area (Å²) in [6, 6.07) is 0. The van der Waals surface area contributed by atoms with E-state index in [2.05, 4.69) is 17.0 Å². The van der Waals surface area contributed by atoms with Crippen molar-refractivity contribution in [2.45, 2.75) is 58.1 Å². The summed E-state index contributed by atoms with van der Waals surface area (Å²) < 4.78 is 1.96. The zero-order chi connectivity index (χ0) is 11.4. The molecule has 16 heavy (non-hydrogen) atoms. The minimum atomic E-state index is -0.106. The highest BCUT2D eigenvalue weighted by Crippen LogP contribution is 2.25. The molecule has 1 aliphatic carbocycles. The summed E-state index contributed by atoms with van der Waals surface area (Å²) in [6.07, 6.45) is 8.00. The maximum absolute atomic E-state index is 9.77. The summed E-state index contributed by atoms with van der Waals surface area (Å²) in [4.78, 5) is 4.31. The predicted octanol–water partition coefficient (Wildman–Crippen LogP) is 1.78. The van der Waals surface area contributed by atoms with Gasteiger partial charge in [0, 0.05) is 13.0 Å². The number of aliphatic hydroxyl groups excluding tert-OH is 1. The van der Waals surface area contributed by atoms with Crippen molar-refractivity contribution < 1.29 is 5.11 Å². The van der Waals surface area contributed by atoms with Crippen molar-refractivity contribution in [1.29, 1.82) is 0 Å². The molecule has 1 aliphatic rings. The predicted molar refractivity (Wildman–Crippen MR) is 62.0 cm³/mol. The van der Waals surface area contributed by atoms with E-state index in [1.165, 1.54) is 12.8 Å². The molecule has 0 aliphatic heterocycles. The van der Waals surface area contributed by atoms with E-state index in [4.69, 9.17) is 0 Å². The van der Waals surface area contributed by atoms with Gasteiger partial charge in [0.15, 0.2) is 0 Å². The minimum Gasteiger partial charge on any atom is -0.393 e. The van der Waals surface area contributed by atoms with Crippen molar-refractivity contribution >= 4 is 0 Å². The van der Waals surface area contributed by atoms with Gasteiger partial charge in [0.1, 0.15) is 12.2 Å². The monoisotopic (exact) mass is 223 g/mol. The third kappa shape index (κ3) is 2.82. The van der Waals surface area contributed by atoms with E-state index < -0.39 is 0 Å². The molecule has 2 atom stereocenters. The molecule has 0 amide bonds. The van der Waals surface area contributed by atoms with Crippen molar-refractivity contribution in [2.24, 2.45) is 5.92 Å². The molecule has 0 bridgehead atoms. The lowest BCUT2D eigenvalue weighted by molar-refractivity contribution is 0.140. The Kier molecular flexibility index (Phi) is 3.93. The van der Waals surface area contributed by atoms with Crippen molar-refractivity contribution in [1.82, 2.24) is 14.8 Å². The van der Waals surface area contributed by atoms with Crippen molar-refractivity contribution in [3.63, 3.8) is 0 Å². The maximum atomic E-state index is 9.77. The summed E-state index contributed by atoms with van der Waals surface area (Å²) in [5.41, 5.74) is 0. The Morgan fingerprint density at radius 3 is 3.06 bits per heavy atom. The fourth-order valence-corrected chi connectivity index (χ4v) is 2.59. The third-order valence-corrected chi connectivity index (χ3v) is 3.47. The van der Waals surface area contributed by atoms with Gasteiger partial charge in [0.05, 0.1) is 6.10 Å². The van der Waals surface area contributed by atoms with Gasteiger partial charge in [-0.15, -0.1) is 0 Å². The second kappa shape index (κ2) is 5.43. The molecule has 1 heterocycles. The molecule has 0 spiro atoms. The molecule has 90 valence electrons. The van der Waals surface area contributed by atoms with Crippen LogP contribution in [0.2, 0.25) is 0 Å². The van der Waals surface area contributed by atoms with Crippen LogP contribution in [0.15, 0.2) is 6.33 Å². The van der Waals surface area contributed by atoms with Crippen molar-refractivity contribution in [2.75, 3.05) is 0 Å². The summed E-state index contributed by atoms with van der Waals surface area (Å²) in [5.74, 6) is 1.65. The summed E-state index contributed by atoms with van der Waals surface area (Å²) in [7, 11) is 0. The van der Waals surface area contributed by atoms with Crippen molar-refractivity contribution in [3.05, 3.63) is 12.2 Å². The van der Waals surface area contributed by atoms with Gasteiger partial charge < -0.3 is 5.11 Å². The number of hydrogen-bond donors (Lipinski definition) is 1. The fourth-order valence-electron chi connectivity index (χ4n) is 2.59. The Morgan fingerprint density at radius 1 is 1.44 bits per heavy atom. The SMILES string of the molecule is CCn1ncnc1CC1CCCCC(O)C1. The second-order valence-corrected chi connectivity index (χ2v) is 4.74. The minimum absolute atomic E-state index is 0.106. The van der Waals surface area contributed by atoms with Gasteiger partial charge in [-0.25, -0.2) is 4.98 Å². The zero-order valence-corrected chi connectivity index (χ0v) is 9.97. The Balaban J connectivity index is 1.97. The van der Waals surface area contributed by atoms with E-state index in [9.17, 15) is 5.11 Å². The molecule has 1 aromatic heterocycles. The van der Waals surface area contributed by atoms with E-state index in [1.807, 2.05) is 4.68 Å². The lowest BCUT2D eigenvalue weighted by atomic mass is 9.95. The van der Waals surface area contributed by atoms with Gasteiger partial charge in [-0.05, 0) is 32.1 Å². The first-order valence-electron chi connectivity index (χ1n) is 6.34. The highest BCUT2D eigenvalue weighted by atomic mass is 16.3. The first kappa shape index (κ1) is 11.6. The van der Waals surface area contributed by atoms with Crippen LogP contribution in [0.25, 0.3) is 0 Å². The topological polar surface area (TPSA) is 50.9 Å². The standard InChI is InChI=1S/C12H21N3O/c1-2-15-12(13-9-14-15)8-10-5-3-4-6-11(16)7-10/h9-11,16H,2-8H2,1H3. The molecular weight excluding hydrogens is 202 g/mol. The highest BCUT2D eigenvalue weighted by Gasteiger charge is 2.20. The third-order valence-electron chi connectivity index (χ3n) is 3.47. The smallest absolute Gasteiger partial charge is 0.138 e. The first-order chi connectivity index (χ1) is 7.79. The molecule has 1 saturated carbocycles. The summed E-state index contributed by atoms with van der Waals surface area (Å²) in [6.45, 7) is 2.96. The second-order valence-electron chi connectivity index (χ2n) is 4.74. The van der Waals surface area contributed by atoms with Gasteiger partial charge in [-0.3, -0.25) is 4.68 Å². The van der Waals surface area contributed by atoms with Crippen molar-refractivity contribution in [3.8, 4) is 0 Å². The molecule has 1 aromatic rings. The van der Waals surface area contributed by atoms with Crippen LogP contribution in [0.3, 0.4) is 0 Å². The van der Waals surface area contributed by atoms with Crippen LogP contribution in [0.5, 0.6) is 0 Å². The summed E-state index contributed by atoms with van der Waals surface area (Å²) in [5, 5.41) is 14.0. The molecule has 0 saturated heterocycles. The van der Waals surface area contributed by atoms with E-state index in [-0.39, 0.29) is 6.10 Å². The average molecular weight is 223 g/mol. The number of aliphatic hydroxyl groups is 1. The summed E-state index contributed by atoms with van der Waals surface area (Å²) >= 11 is 0. The zero-order valence-electron chi connectivity index (χ0n) is 9.97. The van der Waals surface area contributed by atoms with Gasteiger partial charge in [0.2, 0.25) is 0 Å². The Hall–Kier alpha value is -0.900. The Labute approximate surface area is 96.7 Å². The number of hydrogen-bond acceptors (Lipinski definition) is 3. The molecule has 4 nitrogen and oxygen atoms in total. The Morgan fingerprint density at radius 2 is 2.25 bits per heavy atom. The average Bonchev–Trinajstić information content (AvgIpc) is 2.61. The highest BCUT2D eigenvalue weighted by molar-refractivity contribution is 4.88. The largest absolute Gasteiger partial charge is 0.393 e.